The first-order valence-corrected chi connectivity index (χ1v) is 11.2. The molecule has 162 valence electrons. The van der Waals surface area contributed by atoms with Gasteiger partial charge >= 0.3 is 0 Å². The number of amides is 2. The monoisotopic (exact) mass is 437 g/mol. The van der Waals surface area contributed by atoms with E-state index < -0.39 is 0 Å². The van der Waals surface area contributed by atoms with Gasteiger partial charge in [-0.1, -0.05) is 48.5 Å². The maximum atomic E-state index is 12.2. The molecule has 0 aliphatic heterocycles. The Balaban J connectivity index is 1.46. The second kappa shape index (κ2) is 10.8. The third-order valence-corrected chi connectivity index (χ3v) is 5.83. The number of nitrogens with zero attached hydrogens (tertiary/aromatic N) is 3. The van der Waals surface area contributed by atoms with E-state index in [1.165, 1.54) is 17.3 Å². The summed E-state index contributed by atoms with van der Waals surface area (Å²) in [5, 5.41) is 14.7. The van der Waals surface area contributed by atoms with Crippen LogP contribution in [0.2, 0.25) is 0 Å². The van der Waals surface area contributed by atoms with Gasteiger partial charge in [-0.05, 0) is 43.2 Å². The molecule has 2 amide bonds. The van der Waals surface area contributed by atoms with Crippen LogP contribution in [-0.2, 0) is 29.5 Å². The number of aryl methyl sites for hydroxylation is 3. The number of hydrogen-bond donors (Lipinski definition) is 2. The minimum absolute atomic E-state index is 0.0745. The van der Waals surface area contributed by atoms with E-state index in [1.807, 2.05) is 67.1 Å². The van der Waals surface area contributed by atoms with E-state index in [-0.39, 0.29) is 17.6 Å². The molecule has 31 heavy (non-hydrogen) atoms. The van der Waals surface area contributed by atoms with Gasteiger partial charge < -0.3 is 15.2 Å². The van der Waals surface area contributed by atoms with E-state index in [9.17, 15) is 9.59 Å². The van der Waals surface area contributed by atoms with E-state index in [0.717, 1.165) is 23.4 Å². The van der Waals surface area contributed by atoms with Crippen molar-refractivity contribution in [3.05, 3.63) is 65.5 Å². The van der Waals surface area contributed by atoms with Crippen molar-refractivity contribution in [1.82, 2.24) is 14.8 Å². The predicted octanol–water partition coefficient (Wildman–Crippen LogP) is 3.99. The van der Waals surface area contributed by atoms with E-state index in [0.29, 0.717) is 23.8 Å². The molecule has 7 nitrogen and oxygen atoms in total. The van der Waals surface area contributed by atoms with Crippen LogP contribution in [-0.4, -0.2) is 32.3 Å². The summed E-state index contributed by atoms with van der Waals surface area (Å²) in [7, 11) is 1.84. The van der Waals surface area contributed by atoms with Crippen LogP contribution < -0.4 is 10.6 Å². The molecule has 8 heteroatoms. The molecule has 1 aromatic heterocycles. The Bertz CT molecular complexity index is 1030. The Kier molecular flexibility index (Phi) is 7.83. The molecule has 3 rings (SSSR count). The fourth-order valence-electron chi connectivity index (χ4n) is 2.93. The van der Waals surface area contributed by atoms with Gasteiger partial charge in [-0.15, -0.1) is 10.2 Å². The first kappa shape index (κ1) is 22.6. The van der Waals surface area contributed by atoms with Crippen molar-refractivity contribution < 1.29 is 9.59 Å². The van der Waals surface area contributed by atoms with Crippen LogP contribution in [0.25, 0.3) is 0 Å². The lowest BCUT2D eigenvalue weighted by Crippen LogP contribution is -2.15. The van der Waals surface area contributed by atoms with E-state index in [4.69, 9.17) is 0 Å². The summed E-state index contributed by atoms with van der Waals surface area (Å²) < 4.78 is 1.83. The van der Waals surface area contributed by atoms with Crippen molar-refractivity contribution in [2.75, 3.05) is 16.4 Å². The molecule has 0 atom stereocenters. The summed E-state index contributed by atoms with van der Waals surface area (Å²) in [6.07, 6.45) is 1.74. The van der Waals surface area contributed by atoms with Crippen molar-refractivity contribution in [1.29, 1.82) is 0 Å². The van der Waals surface area contributed by atoms with E-state index in [1.54, 1.807) is 0 Å². The standard InChI is InChI=1S/C23H27N5O2S/c1-4-17-7-11-19(12-8-17)25-22(30)15-31-23-27-26-20(28(23)3)13-14-21(29)24-18-9-5-16(2)6-10-18/h5-12H,4,13-15H2,1-3H3,(H,24,29)(H,25,30). The number of thioether (sulfide) groups is 1. The highest BCUT2D eigenvalue weighted by molar-refractivity contribution is 7.99. The molecule has 2 aromatic carbocycles. The highest BCUT2D eigenvalue weighted by atomic mass is 32.2. The van der Waals surface area contributed by atoms with Crippen LogP contribution in [0, 0.1) is 6.92 Å². The first-order valence-electron chi connectivity index (χ1n) is 10.2. The molecule has 3 aromatic rings. The number of aromatic nitrogens is 3. The third-order valence-electron chi connectivity index (χ3n) is 4.81. The summed E-state index contributed by atoms with van der Waals surface area (Å²) in [6.45, 7) is 4.10. The number of carbonyl (C=O) groups excluding carboxylic acids is 2. The molecule has 0 fully saturated rings. The van der Waals surface area contributed by atoms with Crippen molar-refractivity contribution in [2.24, 2.45) is 7.05 Å². The summed E-state index contributed by atoms with van der Waals surface area (Å²) >= 11 is 1.32. The van der Waals surface area contributed by atoms with Crippen LogP contribution in [0.3, 0.4) is 0 Å². The minimum Gasteiger partial charge on any atom is -0.326 e. The summed E-state index contributed by atoms with van der Waals surface area (Å²) in [4.78, 5) is 24.4. The summed E-state index contributed by atoms with van der Waals surface area (Å²) in [6, 6.07) is 15.5. The predicted molar refractivity (Wildman–Crippen MR) is 124 cm³/mol. The topological polar surface area (TPSA) is 88.9 Å². The molecule has 1 heterocycles. The average molecular weight is 438 g/mol. The van der Waals surface area contributed by atoms with E-state index >= 15 is 0 Å². The highest BCUT2D eigenvalue weighted by Gasteiger charge is 2.13. The lowest BCUT2D eigenvalue weighted by atomic mass is 10.1. The van der Waals surface area contributed by atoms with Crippen molar-refractivity contribution in [2.45, 2.75) is 38.3 Å². The molecular formula is C23H27N5O2S. The average Bonchev–Trinajstić information content (AvgIpc) is 3.12. The van der Waals surface area contributed by atoms with Crippen LogP contribution >= 0.6 is 11.8 Å². The number of benzene rings is 2. The maximum absolute atomic E-state index is 12.2. The molecule has 0 aliphatic carbocycles. The van der Waals surface area contributed by atoms with E-state index in [2.05, 4.69) is 27.8 Å². The van der Waals surface area contributed by atoms with Crippen LogP contribution in [0.5, 0.6) is 0 Å². The fraction of sp³-hybridized carbons (Fsp3) is 0.304. The zero-order valence-corrected chi connectivity index (χ0v) is 18.8. The lowest BCUT2D eigenvalue weighted by molar-refractivity contribution is -0.116. The molecule has 0 aliphatic rings. The van der Waals surface area contributed by atoms with Gasteiger partial charge in [-0.2, -0.15) is 0 Å². The quantitative estimate of drug-likeness (QED) is 0.494. The highest BCUT2D eigenvalue weighted by Crippen LogP contribution is 2.18. The van der Waals surface area contributed by atoms with Gasteiger partial charge in [0.05, 0.1) is 5.75 Å². The Morgan fingerprint density at radius 2 is 1.55 bits per heavy atom. The Morgan fingerprint density at radius 3 is 2.19 bits per heavy atom. The number of carbonyl (C=O) groups is 2. The third kappa shape index (κ3) is 6.68. The van der Waals surface area contributed by atoms with Gasteiger partial charge in [0, 0.05) is 31.3 Å². The second-order valence-corrected chi connectivity index (χ2v) is 8.20. The normalized spacial score (nSPS) is 10.7. The number of nitrogens with one attached hydrogen (secondary N) is 2. The van der Waals surface area contributed by atoms with Gasteiger partial charge in [0.15, 0.2) is 5.16 Å². The van der Waals surface area contributed by atoms with Crippen molar-refractivity contribution >= 4 is 35.0 Å². The number of hydrogen-bond acceptors (Lipinski definition) is 5. The van der Waals surface area contributed by atoms with Crippen LogP contribution in [0.4, 0.5) is 11.4 Å². The number of anilines is 2. The molecule has 0 bridgehead atoms. The first-order chi connectivity index (χ1) is 14.9. The summed E-state index contributed by atoms with van der Waals surface area (Å²) in [5.41, 5.74) is 3.93. The molecule has 2 N–H and O–H groups in total. The van der Waals surface area contributed by atoms with Gasteiger partial charge in [0.1, 0.15) is 5.82 Å². The van der Waals surface area contributed by atoms with Gasteiger partial charge in [-0.3, -0.25) is 9.59 Å². The molecule has 0 saturated carbocycles. The Morgan fingerprint density at radius 1 is 0.935 bits per heavy atom. The van der Waals surface area contributed by atoms with Gasteiger partial charge in [0.2, 0.25) is 11.8 Å². The maximum Gasteiger partial charge on any atom is 0.234 e. The molecule has 0 saturated heterocycles. The molecule has 0 unspecified atom stereocenters. The fourth-order valence-corrected chi connectivity index (χ4v) is 3.66. The lowest BCUT2D eigenvalue weighted by Gasteiger charge is -2.07. The van der Waals surface area contributed by atoms with Crippen LogP contribution in [0.15, 0.2) is 53.7 Å². The second-order valence-electron chi connectivity index (χ2n) is 7.26. The summed E-state index contributed by atoms with van der Waals surface area (Å²) in [5.74, 6) is 0.762. The Hall–Kier alpha value is -3.13. The zero-order chi connectivity index (χ0) is 22.2. The molecular weight excluding hydrogens is 410 g/mol. The van der Waals surface area contributed by atoms with Crippen molar-refractivity contribution in [3.63, 3.8) is 0 Å². The van der Waals surface area contributed by atoms with Gasteiger partial charge in [-0.25, -0.2) is 0 Å². The largest absolute Gasteiger partial charge is 0.326 e. The van der Waals surface area contributed by atoms with Gasteiger partial charge in [0.25, 0.3) is 0 Å². The molecule has 0 radical (unpaired) electrons. The zero-order valence-electron chi connectivity index (χ0n) is 18.0. The Labute approximate surface area is 186 Å². The SMILES string of the molecule is CCc1ccc(NC(=O)CSc2nnc(CCC(=O)Nc3ccc(C)cc3)n2C)cc1. The smallest absolute Gasteiger partial charge is 0.234 e. The number of rotatable bonds is 9. The van der Waals surface area contributed by atoms with Crippen molar-refractivity contribution in [3.8, 4) is 0 Å². The van der Waals surface area contributed by atoms with Crippen LogP contribution in [0.1, 0.15) is 30.3 Å². The molecule has 0 spiro atoms. The minimum atomic E-state index is -0.101.